The molecule has 0 radical (unpaired) electrons. The van der Waals surface area contributed by atoms with Crippen LogP contribution in [0.5, 0.6) is 0 Å². The molecular weight excluding hydrogens is 196 g/mol. The van der Waals surface area contributed by atoms with Crippen molar-refractivity contribution < 1.29 is 0 Å². The zero-order chi connectivity index (χ0) is 12.6. The third kappa shape index (κ3) is 3.78. The van der Waals surface area contributed by atoms with Crippen LogP contribution in [0.2, 0.25) is 0 Å². The quantitative estimate of drug-likeness (QED) is 0.546. The Hall–Kier alpha value is -1.75. The lowest BCUT2D eigenvalue weighted by Crippen LogP contribution is -1.99. The fourth-order valence-corrected chi connectivity index (χ4v) is 1.33. The molecule has 0 N–H and O–H groups in total. The van der Waals surface area contributed by atoms with Crippen LogP contribution in [0.4, 0.5) is 0 Å². The summed E-state index contributed by atoms with van der Waals surface area (Å²) in [6, 6.07) is 2.02. The molecule has 0 aliphatic carbocycles. The summed E-state index contributed by atoms with van der Waals surface area (Å²) < 4.78 is 1.84. The normalized spacial score (nSPS) is 10.9. The second-order valence-electron chi connectivity index (χ2n) is 3.07. The molecule has 2 heteroatoms. The fourth-order valence-electron chi connectivity index (χ4n) is 1.33. The third-order valence-electron chi connectivity index (χ3n) is 1.82. The van der Waals surface area contributed by atoms with E-state index in [9.17, 15) is 0 Å². The highest BCUT2D eigenvalue weighted by molar-refractivity contribution is 5.60. The van der Waals surface area contributed by atoms with E-state index < -0.39 is 0 Å². The van der Waals surface area contributed by atoms with Crippen molar-refractivity contribution in [3.8, 4) is 12.3 Å². The highest BCUT2D eigenvalue weighted by atomic mass is 15.3. The lowest BCUT2D eigenvalue weighted by molar-refractivity contribution is 0.859. The molecule has 16 heavy (non-hydrogen) atoms. The first-order valence-electron chi connectivity index (χ1n) is 5.51. The number of allylic oxidation sites excluding steroid dienone is 4. The van der Waals surface area contributed by atoms with E-state index in [0.29, 0.717) is 0 Å². The van der Waals surface area contributed by atoms with Crippen molar-refractivity contribution in [2.24, 2.45) is 0 Å². The molecule has 86 valence electrons. The van der Waals surface area contributed by atoms with Crippen LogP contribution in [0.15, 0.2) is 24.3 Å². The van der Waals surface area contributed by atoms with Crippen LogP contribution in [0.1, 0.15) is 32.2 Å². The lowest BCUT2D eigenvalue weighted by Gasteiger charge is -2.03. The van der Waals surface area contributed by atoms with Crippen molar-refractivity contribution in [3.05, 3.63) is 35.7 Å². The predicted molar refractivity (Wildman–Crippen MR) is 71.0 cm³/mol. The van der Waals surface area contributed by atoms with E-state index in [2.05, 4.69) is 11.0 Å². The van der Waals surface area contributed by atoms with E-state index in [-0.39, 0.29) is 0 Å². The summed E-state index contributed by atoms with van der Waals surface area (Å²) in [5.74, 6) is 2.51. The first-order chi connectivity index (χ1) is 7.69. The maximum absolute atomic E-state index is 5.25. The molecule has 1 heterocycles. The monoisotopic (exact) mass is 216 g/mol. The molecule has 0 aromatic carbocycles. The van der Waals surface area contributed by atoms with Crippen LogP contribution >= 0.6 is 0 Å². The van der Waals surface area contributed by atoms with E-state index in [1.165, 1.54) is 0 Å². The van der Waals surface area contributed by atoms with Crippen molar-refractivity contribution in [1.29, 1.82) is 0 Å². The molecule has 0 saturated carbocycles. The summed E-state index contributed by atoms with van der Waals surface area (Å²) in [5, 5.41) is 4.35. The minimum absolute atomic E-state index is 0.917. The largest absolute Gasteiger partial charge is 0.237 e. The Bertz CT molecular complexity index is 414. The van der Waals surface area contributed by atoms with Crippen molar-refractivity contribution in [3.63, 3.8) is 0 Å². The zero-order valence-electron chi connectivity index (χ0n) is 10.8. The molecule has 2 nitrogen and oxygen atoms in total. The Morgan fingerprint density at radius 1 is 1.44 bits per heavy atom. The number of terminal acetylenes is 1. The zero-order valence-corrected chi connectivity index (χ0v) is 10.8. The highest BCUT2D eigenvalue weighted by Gasteiger charge is 2.02. The van der Waals surface area contributed by atoms with Gasteiger partial charge in [-0.3, -0.25) is 0 Å². The van der Waals surface area contributed by atoms with Gasteiger partial charge in [-0.1, -0.05) is 25.8 Å². The predicted octanol–water partition coefficient (Wildman–Crippen LogP) is 3.58. The van der Waals surface area contributed by atoms with E-state index >= 15 is 0 Å². The number of aromatic nitrogens is 2. The van der Waals surface area contributed by atoms with Crippen molar-refractivity contribution in [1.82, 2.24) is 9.78 Å². The molecule has 0 aliphatic rings. The Kier molecular flexibility index (Phi) is 6.71. The summed E-state index contributed by atoms with van der Waals surface area (Å²) in [6.07, 6.45) is 10.8. The van der Waals surface area contributed by atoms with Crippen LogP contribution in [-0.4, -0.2) is 9.78 Å². The number of hydrogen-bond donors (Lipinski definition) is 0. The number of nitrogens with zero attached hydrogens (tertiary/aromatic N) is 2. The smallest absolute Gasteiger partial charge is 0.0728 e. The SMILES string of the molecule is C#C/C=C(\C=C/C)n1nc(C)cc1C.CC. The van der Waals surface area contributed by atoms with Gasteiger partial charge in [0.15, 0.2) is 0 Å². The lowest BCUT2D eigenvalue weighted by atomic mass is 10.3. The second kappa shape index (κ2) is 7.53. The summed E-state index contributed by atoms with van der Waals surface area (Å²) >= 11 is 0. The molecule has 1 aromatic heterocycles. The van der Waals surface area contributed by atoms with Gasteiger partial charge in [0.2, 0.25) is 0 Å². The molecule has 0 bridgehead atoms. The average Bonchev–Trinajstić information content (AvgIpc) is 2.60. The number of hydrogen-bond acceptors (Lipinski definition) is 1. The Balaban J connectivity index is 0.00000106. The first-order valence-corrected chi connectivity index (χ1v) is 5.51. The van der Waals surface area contributed by atoms with Gasteiger partial charge in [-0.15, -0.1) is 6.42 Å². The second-order valence-corrected chi connectivity index (χ2v) is 3.07. The first kappa shape index (κ1) is 14.2. The van der Waals surface area contributed by atoms with E-state index in [1.807, 2.05) is 57.5 Å². The summed E-state index contributed by atoms with van der Waals surface area (Å²) in [7, 11) is 0. The van der Waals surface area contributed by atoms with Crippen LogP contribution < -0.4 is 0 Å². The van der Waals surface area contributed by atoms with Gasteiger partial charge in [0, 0.05) is 11.8 Å². The van der Waals surface area contributed by atoms with Gasteiger partial charge in [0.05, 0.1) is 11.4 Å². The minimum atomic E-state index is 0.917. The molecule has 0 atom stereocenters. The van der Waals surface area contributed by atoms with Crippen molar-refractivity contribution >= 4 is 5.70 Å². The van der Waals surface area contributed by atoms with Crippen molar-refractivity contribution in [2.45, 2.75) is 34.6 Å². The van der Waals surface area contributed by atoms with Gasteiger partial charge in [-0.05, 0) is 32.9 Å². The molecule has 0 fully saturated rings. The van der Waals surface area contributed by atoms with Gasteiger partial charge in [0.1, 0.15) is 0 Å². The van der Waals surface area contributed by atoms with Crippen LogP contribution in [0.3, 0.4) is 0 Å². The van der Waals surface area contributed by atoms with Crippen LogP contribution in [-0.2, 0) is 0 Å². The number of aryl methyl sites for hydroxylation is 2. The number of rotatable bonds is 2. The van der Waals surface area contributed by atoms with Gasteiger partial charge >= 0.3 is 0 Å². The average molecular weight is 216 g/mol. The fraction of sp³-hybridized carbons (Fsp3) is 0.357. The summed E-state index contributed by atoms with van der Waals surface area (Å²) in [6.45, 7) is 9.93. The minimum Gasteiger partial charge on any atom is -0.237 e. The molecule has 1 rings (SSSR count). The van der Waals surface area contributed by atoms with E-state index in [0.717, 1.165) is 17.1 Å². The highest BCUT2D eigenvalue weighted by Crippen LogP contribution is 2.10. The van der Waals surface area contributed by atoms with Gasteiger partial charge < -0.3 is 0 Å². The Labute approximate surface area is 98.7 Å². The van der Waals surface area contributed by atoms with E-state index in [4.69, 9.17) is 6.42 Å². The maximum atomic E-state index is 5.25. The Morgan fingerprint density at radius 3 is 2.44 bits per heavy atom. The molecule has 0 spiro atoms. The van der Waals surface area contributed by atoms with Gasteiger partial charge in [-0.25, -0.2) is 4.68 Å². The Morgan fingerprint density at radius 2 is 2.06 bits per heavy atom. The van der Waals surface area contributed by atoms with Crippen molar-refractivity contribution in [2.75, 3.05) is 0 Å². The van der Waals surface area contributed by atoms with Crippen LogP contribution in [0, 0.1) is 26.2 Å². The molecule has 0 aliphatic heterocycles. The molecule has 1 aromatic rings. The standard InChI is InChI=1S/C12H14N2.C2H6/c1-5-7-12(8-6-2)14-11(4)9-10(3)13-14;1-2/h1,6-9H,2-4H3;1-2H3/b8-6-,12-7+;. The molecule has 0 unspecified atom stereocenters. The molecule has 0 saturated heterocycles. The van der Waals surface area contributed by atoms with Gasteiger partial charge in [-0.2, -0.15) is 5.10 Å². The topological polar surface area (TPSA) is 17.8 Å². The van der Waals surface area contributed by atoms with E-state index in [1.54, 1.807) is 6.08 Å². The summed E-state index contributed by atoms with van der Waals surface area (Å²) in [4.78, 5) is 0. The van der Waals surface area contributed by atoms with Crippen LogP contribution in [0.25, 0.3) is 5.70 Å². The maximum Gasteiger partial charge on any atom is 0.0728 e. The molecule has 0 amide bonds. The third-order valence-corrected chi connectivity index (χ3v) is 1.82. The van der Waals surface area contributed by atoms with Gasteiger partial charge in [0.25, 0.3) is 0 Å². The molecular formula is C14H20N2. The summed E-state index contributed by atoms with van der Waals surface area (Å²) in [5.41, 5.74) is 3.00.